The molecule has 0 aliphatic rings. The van der Waals surface area contributed by atoms with Gasteiger partial charge in [-0.2, -0.15) is 0 Å². The van der Waals surface area contributed by atoms with Gasteiger partial charge in [-0.1, -0.05) is 36.7 Å². The van der Waals surface area contributed by atoms with Gasteiger partial charge in [-0.15, -0.1) is 0 Å². The summed E-state index contributed by atoms with van der Waals surface area (Å²) < 4.78 is 18.6. The topological polar surface area (TPSA) is 21.3 Å². The number of benzene rings is 2. The molecule has 2 rings (SSSR count). The van der Waals surface area contributed by atoms with Gasteiger partial charge in [0.1, 0.15) is 11.6 Å². The highest BCUT2D eigenvalue weighted by Crippen LogP contribution is 2.32. The minimum Gasteiger partial charge on any atom is -0.496 e. The summed E-state index contributed by atoms with van der Waals surface area (Å²) in [5.41, 5.74) is 1.98. The number of rotatable bonds is 6. The lowest BCUT2D eigenvalue weighted by Crippen LogP contribution is -2.23. The zero-order valence-electron chi connectivity index (χ0n) is 12.2. The fourth-order valence-electron chi connectivity index (χ4n) is 2.27. The molecule has 2 nitrogen and oxygen atoms in total. The second-order valence-corrected chi connectivity index (χ2v) is 5.26. The second kappa shape index (κ2) is 7.43. The van der Waals surface area contributed by atoms with E-state index in [-0.39, 0.29) is 11.9 Å². The predicted molar refractivity (Wildman–Crippen MR) is 84.5 cm³/mol. The van der Waals surface area contributed by atoms with Crippen molar-refractivity contribution in [1.29, 1.82) is 0 Å². The van der Waals surface area contributed by atoms with E-state index in [1.807, 2.05) is 12.1 Å². The summed E-state index contributed by atoms with van der Waals surface area (Å²) in [7, 11) is 1.62. The number of hydrogen-bond acceptors (Lipinski definition) is 2. The Balaban J connectivity index is 2.42. The van der Waals surface area contributed by atoms with Crippen LogP contribution in [0.15, 0.2) is 42.5 Å². The minimum absolute atomic E-state index is 0.0576. The largest absolute Gasteiger partial charge is 0.496 e. The number of methoxy groups -OCH3 is 1. The maximum Gasteiger partial charge on any atom is 0.125 e. The van der Waals surface area contributed by atoms with Crippen molar-refractivity contribution < 1.29 is 9.13 Å². The van der Waals surface area contributed by atoms with E-state index in [2.05, 4.69) is 12.2 Å². The fraction of sp³-hybridized carbons (Fsp3) is 0.294. The van der Waals surface area contributed by atoms with Gasteiger partial charge in [-0.3, -0.25) is 0 Å². The molecule has 0 fully saturated rings. The molecular weight excluding hydrogens is 289 g/mol. The zero-order chi connectivity index (χ0) is 15.2. The first kappa shape index (κ1) is 15.8. The van der Waals surface area contributed by atoms with Crippen LogP contribution in [0, 0.1) is 5.82 Å². The van der Waals surface area contributed by atoms with Gasteiger partial charge in [-0.25, -0.2) is 4.39 Å². The van der Waals surface area contributed by atoms with E-state index in [1.165, 1.54) is 12.1 Å². The molecule has 0 bridgehead atoms. The first-order chi connectivity index (χ1) is 10.2. The van der Waals surface area contributed by atoms with E-state index >= 15 is 0 Å². The second-order valence-electron chi connectivity index (χ2n) is 4.82. The van der Waals surface area contributed by atoms with Crippen molar-refractivity contribution in [1.82, 2.24) is 5.32 Å². The van der Waals surface area contributed by atoms with Crippen LogP contribution in [-0.4, -0.2) is 13.7 Å². The normalized spacial score (nSPS) is 12.2. The van der Waals surface area contributed by atoms with Crippen LogP contribution >= 0.6 is 11.6 Å². The van der Waals surface area contributed by atoms with Crippen molar-refractivity contribution in [2.75, 3.05) is 13.7 Å². The van der Waals surface area contributed by atoms with E-state index in [0.717, 1.165) is 29.8 Å². The smallest absolute Gasteiger partial charge is 0.125 e. The number of halogens is 2. The molecular formula is C17H19ClFNO. The Kier molecular flexibility index (Phi) is 5.59. The molecule has 0 amide bonds. The standard InChI is InChI=1S/C17H19ClFNO/c1-3-10-20-17(12-4-7-14(19)8-5-12)15-9-6-13(18)11-16(15)21-2/h4-9,11,17,20H,3,10H2,1-2H3. The average Bonchev–Trinajstić information content (AvgIpc) is 2.50. The van der Waals surface area contributed by atoms with Gasteiger partial charge in [0, 0.05) is 10.6 Å². The van der Waals surface area contributed by atoms with Gasteiger partial charge in [0.15, 0.2) is 0 Å². The summed E-state index contributed by atoms with van der Waals surface area (Å²) >= 11 is 6.02. The Bertz CT molecular complexity index is 586. The van der Waals surface area contributed by atoms with Gasteiger partial charge in [-0.05, 0) is 42.8 Å². The van der Waals surface area contributed by atoms with Crippen LogP contribution in [0.3, 0.4) is 0 Å². The van der Waals surface area contributed by atoms with Crippen molar-refractivity contribution in [3.05, 3.63) is 64.4 Å². The molecule has 0 heterocycles. The van der Waals surface area contributed by atoms with Gasteiger partial charge in [0.2, 0.25) is 0 Å². The van der Waals surface area contributed by atoms with Crippen molar-refractivity contribution in [3.8, 4) is 5.75 Å². The highest BCUT2D eigenvalue weighted by Gasteiger charge is 2.18. The molecule has 0 radical (unpaired) electrons. The molecule has 21 heavy (non-hydrogen) atoms. The predicted octanol–water partition coefficient (Wildman–Crippen LogP) is 4.58. The molecule has 4 heteroatoms. The zero-order valence-corrected chi connectivity index (χ0v) is 13.0. The maximum atomic E-state index is 13.1. The Hall–Kier alpha value is -1.58. The molecule has 0 spiro atoms. The number of ether oxygens (including phenoxy) is 1. The quantitative estimate of drug-likeness (QED) is 0.843. The summed E-state index contributed by atoms with van der Waals surface area (Å²) in [4.78, 5) is 0. The third kappa shape index (κ3) is 3.96. The lowest BCUT2D eigenvalue weighted by atomic mass is 9.97. The minimum atomic E-state index is -0.240. The molecule has 0 aliphatic carbocycles. The SMILES string of the molecule is CCCNC(c1ccc(F)cc1)c1ccc(Cl)cc1OC. The third-order valence-corrected chi connectivity index (χ3v) is 3.54. The van der Waals surface area contributed by atoms with Crippen LogP contribution in [0.4, 0.5) is 4.39 Å². The van der Waals surface area contributed by atoms with Gasteiger partial charge < -0.3 is 10.1 Å². The summed E-state index contributed by atoms with van der Waals surface area (Å²) in [6.45, 7) is 2.96. The van der Waals surface area contributed by atoms with E-state index in [4.69, 9.17) is 16.3 Å². The molecule has 0 saturated carbocycles. The van der Waals surface area contributed by atoms with Gasteiger partial charge in [0.25, 0.3) is 0 Å². The van der Waals surface area contributed by atoms with E-state index in [1.54, 1.807) is 25.3 Å². The number of nitrogens with one attached hydrogen (secondary N) is 1. The van der Waals surface area contributed by atoms with Crippen LogP contribution in [-0.2, 0) is 0 Å². The van der Waals surface area contributed by atoms with Crippen LogP contribution < -0.4 is 10.1 Å². The van der Waals surface area contributed by atoms with Gasteiger partial charge >= 0.3 is 0 Å². The third-order valence-electron chi connectivity index (χ3n) is 3.31. The maximum absolute atomic E-state index is 13.1. The molecule has 1 N–H and O–H groups in total. The molecule has 0 aromatic heterocycles. The molecule has 1 unspecified atom stereocenters. The lowest BCUT2D eigenvalue weighted by Gasteiger charge is -2.22. The fourth-order valence-corrected chi connectivity index (χ4v) is 2.44. The molecule has 1 atom stereocenters. The van der Waals surface area contributed by atoms with Crippen molar-refractivity contribution in [2.24, 2.45) is 0 Å². The van der Waals surface area contributed by atoms with Gasteiger partial charge in [0.05, 0.1) is 13.2 Å². The van der Waals surface area contributed by atoms with E-state index in [9.17, 15) is 4.39 Å². The highest BCUT2D eigenvalue weighted by atomic mass is 35.5. The Morgan fingerprint density at radius 1 is 1.19 bits per heavy atom. The Morgan fingerprint density at radius 2 is 1.90 bits per heavy atom. The molecule has 2 aromatic rings. The molecule has 0 saturated heterocycles. The molecule has 112 valence electrons. The van der Waals surface area contributed by atoms with E-state index in [0.29, 0.717) is 5.02 Å². The Labute approximate surface area is 129 Å². The molecule has 2 aromatic carbocycles. The number of hydrogen-bond donors (Lipinski definition) is 1. The van der Waals surface area contributed by atoms with Crippen LogP contribution in [0.5, 0.6) is 5.75 Å². The first-order valence-corrected chi connectivity index (χ1v) is 7.35. The summed E-state index contributed by atoms with van der Waals surface area (Å²) in [6, 6.07) is 12.0. The monoisotopic (exact) mass is 307 g/mol. The summed E-state index contributed by atoms with van der Waals surface area (Å²) in [5.74, 6) is 0.483. The average molecular weight is 308 g/mol. The Morgan fingerprint density at radius 3 is 2.52 bits per heavy atom. The summed E-state index contributed by atoms with van der Waals surface area (Å²) in [5, 5.41) is 4.10. The summed E-state index contributed by atoms with van der Waals surface area (Å²) in [6.07, 6.45) is 1.01. The van der Waals surface area contributed by atoms with E-state index < -0.39 is 0 Å². The van der Waals surface area contributed by atoms with Crippen LogP contribution in [0.25, 0.3) is 0 Å². The highest BCUT2D eigenvalue weighted by molar-refractivity contribution is 6.30. The lowest BCUT2D eigenvalue weighted by molar-refractivity contribution is 0.404. The first-order valence-electron chi connectivity index (χ1n) is 6.98. The van der Waals surface area contributed by atoms with Crippen LogP contribution in [0.2, 0.25) is 5.02 Å². The van der Waals surface area contributed by atoms with Crippen molar-refractivity contribution >= 4 is 11.6 Å². The van der Waals surface area contributed by atoms with Crippen molar-refractivity contribution in [2.45, 2.75) is 19.4 Å². The van der Waals surface area contributed by atoms with Crippen LogP contribution in [0.1, 0.15) is 30.5 Å². The van der Waals surface area contributed by atoms with Crippen molar-refractivity contribution in [3.63, 3.8) is 0 Å². The molecule has 0 aliphatic heterocycles.